The van der Waals surface area contributed by atoms with Crippen molar-refractivity contribution in [2.45, 2.75) is 23.9 Å². The van der Waals surface area contributed by atoms with Crippen LogP contribution in [-0.4, -0.2) is 58.0 Å². The van der Waals surface area contributed by atoms with Crippen LogP contribution in [0.4, 0.5) is 5.69 Å². The number of sulfonamides is 1. The molecule has 4 aromatic carbocycles. The lowest BCUT2D eigenvalue weighted by Crippen LogP contribution is -2.53. The average Bonchev–Trinajstić information content (AvgIpc) is 3.06. The van der Waals surface area contributed by atoms with Gasteiger partial charge in [0.05, 0.1) is 10.6 Å². The van der Waals surface area contributed by atoms with Crippen LogP contribution in [0.5, 0.6) is 11.5 Å². The van der Waals surface area contributed by atoms with E-state index in [1.54, 1.807) is 60.7 Å². The molecule has 0 bridgehead atoms. The fraction of sp³-hybridized carbons (Fsp3) is 0.212. The Bertz CT molecular complexity index is 1700. The lowest BCUT2D eigenvalue weighted by molar-refractivity contribution is -0.139. The molecule has 11 heteroatoms. The summed E-state index contributed by atoms with van der Waals surface area (Å²) in [5, 5.41) is 3.20. The first-order valence-electron chi connectivity index (χ1n) is 14.0. The molecule has 228 valence electrons. The van der Waals surface area contributed by atoms with Crippen LogP contribution in [-0.2, 0) is 32.6 Å². The van der Waals surface area contributed by atoms with Gasteiger partial charge in [-0.15, -0.1) is 0 Å². The summed E-state index contributed by atoms with van der Waals surface area (Å²) < 4.78 is 40.6. The van der Waals surface area contributed by atoms with Gasteiger partial charge in [-0.25, -0.2) is 8.42 Å². The van der Waals surface area contributed by atoms with E-state index in [1.807, 2.05) is 30.3 Å². The molecule has 0 aliphatic carbocycles. The van der Waals surface area contributed by atoms with Crippen LogP contribution in [0, 0.1) is 0 Å². The molecule has 0 aromatic heterocycles. The van der Waals surface area contributed by atoms with Crippen LogP contribution in [0.2, 0.25) is 5.02 Å². The van der Waals surface area contributed by atoms with Gasteiger partial charge in [0.1, 0.15) is 25.8 Å². The lowest BCUT2D eigenvalue weighted by atomic mass is 10.0. The average molecular weight is 634 g/mol. The van der Waals surface area contributed by atoms with Crippen LogP contribution < -0.4 is 19.1 Å². The number of nitrogens with one attached hydrogen (secondary N) is 1. The molecule has 1 aliphatic rings. The Labute approximate surface area is 262 Å². The van der Waals surface area contributed by atoms with E-state index < -0.39 is 28.5 Å². The van der Waals surface area contributed by atoms with Crippen molar-refractivity contribution >= 4 is 39.1 Å². The maximum atomic E-state index is 14.4. The molecule has 2 amide bonds. The summed E-state index contributed by atoms with van der Waals surface area (Å²) >= 11 is 6.11. The number of rotatable bonds is 11. The van der Waals surface area contributed by atoms with E-state index in [2.05, 4.69) is 5.32 Å². The van der Waals surface area contributed by atoms with Crippen molar-refractivity contribution in [2.75, 3.05) is 31.1 Å². The number of benzene rings is 4. The van der Waals surface area contributed by atoms with Gasteiger partial charge in [0.25, 0.3) is 10.0 Å². The quantitative estimate of drug-likeness (QED) is 0.257. The molecule has 0 spiro atoms. The monoisotopic (exact) mass is 633 g/mol. The first-order valence-corrected chi connectivity index (χ1v) is 15.8. The Morgan fingerprint density at radius 3 is 2.14 bits per heavy atom. The Balaban J connectivity index is 1.57. The summed E-state index contributed by atoms with van der Waals surface area (Å²) in [5.41, 5.74) is 1.79. The number of carbonyl (C=O) groups is 2. The molecule has 1 heterocycles. The standard InChI is InChI=1S/C33H32ClN3O6S/c1-35-33(39)29(20-24-8-4-2-5-9-24)36(22-25-12-14-26(34)15-13-25)32(38)23-37(44(40,41)28-10-6-3-7-11-28)27-16-17-30-31(21-27)43-19-18-42-30/h2-17,21,29H,18-20,22-23H2,1H3,(H,35,39)/t29-/m0/s1. The van der Waals surface area contributed by atoms with Crippen molar-refractivity contribution in [1.29, 1.82) is 0 Å². The lowest BCUT2D eigenvalue weighted by Gasteiger charge is -2.33. The maximum Gasteiger partial charge on any atom is 0.264 e. The van der Waals surface area contributed by atoms with E-state index in [0.717, 1.165) is 15.4 Å². The normalized spacial score (nSPS) is 13.0. The van der Waals surface area contributed by atoms with Gasteiger partial charge < -0.3 is 19.7 Å². The topological polar surface area (TPSA) is 105 Å². The largest absolute Gasteiger partial charge is 0.486 e. The molecular formula is C33H32ClN3O6S. The number of nitrogens with zero attached hydrogens (tertiary/aromatic N) is 2. The van der Waals surface area contributed by atoms with E-state index in [0.29, 0.717) is 29.7 Å². The highest BCUT2D eigenvalue weighted by Crippen LogP contribution is 2.36. The number of likely N-dealkylation sites (N-methyl/N-ethyl adjacent to an activating group) is 1. The predicted octanol–water partition coefficient (Wildman–Crippen LogP) is 4.69. The molecule has 5 rings (SSSR count). The summed E-state index contributed by atoms with van der Waals surface area (Å²) in [6, 6.07) is 28.0. The first-order chi connectivity index (χ1) is 21.3. The number of fused-ring (bicyclic) bond motifs is 1. The highest BCUT2D eigenvalue weighted by Gasteiger charge is 2.34. The summed E-state index contributed by atoms with van der Waals surface area (Å²) in [6.07, 6.45) is 0.218. The smallest absolute Gasteiger partial charge is 0.264 e. The van der Waals surface area contributed by atoms with Gasteiger partial charge in [0.2, 0.25) is 11.8 Å². The molecule has 9 nitrogen and oxygen atoms in total. The minimum absolute atomic E-state index is 0.0130. The number of halogens is 1. The summed E-state index contributed by atoms with van der Waals surface area (Å²) in [7, 11) is -2.72. The van der Waals surface area contributed by atoms with Gasteiger partial charge in [-0.05, 0) is 47.5 Å². The summed E-state index contributed by atoms with van der Waals surface area (Å²) in [5.74, 6) is -0.0954. The minimum atomic E-state index is -4.23. The number of hydrogen-bond acceptors (Lipinski definition) is 6. The third-order valence-electron chi connectivity index (χ3n) is 7.21. The Morgan fingerprint density at radius 2 is 1.48 bits per heavy atom. The molecule has 0 unspecified atom stereocenters. The van der Waals surface area contributed by atoms with E-state index >= 15 is 0 Å². The number of anilines is 1. The second kappa shape index (κ2) is 13.8. The Hall–Kier alpha value is -4.54. The minimum Gasteiger partial charge on any atom is -0.486 e. The second-order valence-corrected chi connectivity index (χ2v) is 12.4. The van der Waals surface area contributed by atoms with Crippen molar-refractivity contribution in [3.8, 4) is 11.5 Å². The van der Waals surface area contributed by atoms with Crippen molar-refractivity contribution in [1.82, 2.24) is 10.2 Å². The van der Waals surface area contributed by atoms with Gasteiger partial charge in [0.15, 0.2) is 11.5 Å². The van der Waals surface area contributed by atoms with Crippen molar-refractivity contribution in [3.05, 3.63) is 119 Å². The molecule has 1 N–H and O–H groups in total. The van der Waals surface area contributed by atoms with Gasteiger partial charge in [-0.2, -0.15) is 0 Å². The van der Waals surface area contributed by atoms with Crippen molar-refractivity contribution in [2.24, 2.45) is 0 Å². The molecule has 1 atom stereocenters. The SMILES string of the molecule is CNC(=O)[C@H](Cc1ccccc1)N(Cc1ccc(Cl)cc1)C(=O)CN(c1ccc2c(c1)OCCO2)S(=O)(=O)c1ccccc1. The van der Waals surface area contributed by atoms with Gasteiger partial charge in [0, 0.05) is 31.1 Å². The molecule has 0 radical (unpaired) electrons. The zero-order valence-electron chi connectivity index (χ0n) is 24.1. The van der Waals surface area contributed by atoms with Crippen LogP contribution in [0.3, 0.4) is 0 Å². The molecule has 4 aromatic rings. The van der Waals surface area contributed by atoms with Gasteiger partial charge in [-0.1, -0.05) is 72.3 Å². The Morgan fingerprint density at radius 1 is 0.841 bits per heavy atom. The molecule has 1 aliphatic heterocycles. The second-order valence-electron chi connectivity index (χ2n) is 10.1. The van der Waals surface area contributed by atoms with Crippen molar-refractivity contribution in [3.63, 3.8) is 0 Å². The van der Waals surface area contributed by atoms with E-state index in [9.17, 15) is 18.0 Å². The molecule has 44 heavy (non-hydrogen) atoms. The fourth-order valence-corrected chi connectivity index (χ4v) is 6.50. The molecule has 0 fully saturated rings. The van der Waals surface area contributed by atoms with Crippen LogP contribution >= 0.6 is 11.6 Å². The highest BCUT2D eigenvalue weighted by atomic mass is 35.5. The zero-order valence-corrected chi connectivity index (χ0v) is 25.6. The number of ether oxygens (including phenoxy) is 2. The molecular weight excluding hydrogens is 602 g/mol. The molecule has 0 saturated carbocycles. The van der Waals surface area contributed by atoms with Gasteiger partial charge in [-0.3, -0.25) is 13.9 Å². The maximum absolute atomic E-state index is 14.4. The third kappa shape index (κ3) is 7.15. The zero-order chi connectivity index (χ0) is 31.1. The number of hydrogen-bond donors (Lipinski definition) is 1. The van der Waals surface area contributed by atoms with E-state index in [1.165, 1.54) is 24.1 Å². The summed E-state index contributed by atoms with van der Waals surface area (Å²) in [6.45, 7) is 0.149. The van der Waals surface area contributed by atoms with Crippen LogP contribution in [0.25, 0.3) is 0 Å². The fourth-order valence-electron chi connectivity index (χ4n) is 4.94. The predicted molar refractivity (Wildman–Crippen MR) is 168 cm³/mol. The van der Waals surface area contributed by atoms with Crippen LogP contribution in [0.15, 0.2) is 108 Å². The van der Waals surface area contributed by atoms with E-state index in [4.69, 9.17) is 21.1 Å². The van der Waals surface area contributed by atoms with Gasteiger partial charge >= 0.3 is 0 Å². The summed E-state index contributed by atoms with van der Waals surface area (Å²) in [4.78, 5) is 29.2. The first kappa shape index (κ1) is 30.9. The van der Waals surface area contributed by atoms with Crippen LogP contribution in [0.1, 0.15) is 11.1 Å². The van der Waals surface area contributed by atoms with E-state index in [-0.39, 0.29) is 29.5 Å². The highest BCUT2D eigenvalue weighted by molar-refractivity contribution is 7.92. The number of carbonyl (C=O) groups excluding carboxylic acids is 2. The third-order valence-corrected chi connectivity index (χ3v) is 9.25. The Kier molecular flexibility index (Phi) is 9.72. The van der Waals surface area contributed by atoms with Crippen molar-refractivity contribution < 1.29 is 27.5 Å². The number of amides is 2. The molecule has 0 saturated heterocycles.